The van der Waals surface area contributed by atoms with Crippen molar-refractivity contribution in [3.05, 3.63) is 34.7 Å². The van der Waals surface area contributed by atoms with Gasteiger partial charge in [0.25, 0.3) is 5.22 Å². The van der Waals surface area contributed by atoms with Crippen LogP contribution in [0.4, 0.5) is 5.69 Å². The van der Waals surface area contributed by atoms with Crippen molar-refractivity contribution in [3.63, 3.8) is 0 Å². The van der Waals surface area contributed by atoms with E-state index in [1.807, 2.05) is 6.92 Å². The van der Waals surface area contributed by atoms with Crippen molar-refractivity contribution in [1.82, 2.24) is 10.2 Å². The van der Waals surface area contributed by atoms with Gasteiger partial charge in [-0.15, -0.1) is 10.2 Å². The van der Waals surface area contributed by atoms with Crippen LogP contribution in [-0.4, -0.2) is 21.9 Å². The Hall–Kier alpha value is -1.57. The lowest BCUT2D eigenvalue weighted by molar-refractivity contribution is -0.113. The first-order chi connectivity index (χ1) is 9.97. The van der Waals surface area contributed by atoms with Crippen molar-refractivity contribution in [3.8, 4) is 0 Å². The average molecular weight is 327 g/mol. The van der Waals surface area contributed by atoms with Crippen molar-refractivity contribution < 1.29 is 9.21 Å². The minimum atomic E-state index is -0.324. The number of nitrogens with zero attached hydrogens (tertiary/aromatic N) is 2. The zero-order valence-electron chi connectivity index (χ0n) is 11.6. The molecule has 0 bridgehead atoms. The number of aromatic nitrogens is 2. The van der Waals surface area contributed by atoms with Gasteiger partial charge in [0.1, 0.15) is 0 Å². The van der Waals surface area contributed by atoms with Crippen LogP contribution in [0.1, 0.15) is 24.4 Å². The number of anilines is 1. The summed E-state index contributed by atoms with van der Waals surface area (Å²) < 4.78 is 5.30. The molecular formula is C13H15ClN4O2S. The molecule has 0 unspecified atom stereocenters. The van der Waals surface area contributed by atoms with Gasteiger partial charge in [0.2, 0.25) is 11.8 Å². The first-order valence-corrected chi connectivity index (χ1v) is 7.60. The third kappa shape index (κ3) is 4.20. The fourth-order valence-electron chi connectivity index (χ4n) is 1.52. The van der Waals surface area contributed by atoms with Crippen molar-refractivity contribution in [2.24, 2.45) is 5.73 Å². The molecule has 0 aliphatic carbocycles. The van der Waals surface area contributed by atoms with Crippen LogP contribution in [0.5, 0.6) is 0 Å². The number of carbonyl (C=O) groups is 1. The van der Waals surface area contributed by atoms with E-state index < -0.39 is 0 Å². The summed E-state index contributed by atoms with van der Waals surface area (Å²) >= 11 is 7.16. The quantitative estimate of drug-likeness (QED) is 0.820. The minimum absolute atomic E-state index is 0.159. The number of nitrogens with one attached hydrogen (secondary N) is 1. The Kier molecular flexibility index (Phi) is 5.22. The van der Waals surface area contributed by atoms with Gasteiger partial charge in [-0.2, -0.15) is 0 Å². The highest BCUT2D eigenvalue weighted by Gasteiger charge is 2.13. The van der Waals surface area contributed by atoms with Crippen molar-refractivity contribution in [2.75, 3.05) is 11.1 Å². The zero-order valence-corrected chi connectivity index (χ0v) is 13.2. The van der Waals surface area contributed by atoms with E-state index in [9.17, 15) is 4.79 Å². The van der Waals surface area contributed by atoms with Gasteiger partial charge >= 0.3 is 0 Å². The third-order valence-electron chi connectivity index (χ3n) is 2.68. The molecule has 0 aliphatic rings. The molecule has 0 saturated carbocycles. The molecule has 2 rings (SSSR count). The first-order valence-electron chi connectivity index (χ1n) is 6.24. The number of hydrogen-bond donors (Lipinski definition) is 2. The largest absolute Gasteiger partial charge is 0.414 e. The fourth-order valence-corrected chi connectivity index (χ4v) is 2.26. The summed E-state index contributed by atoms with van der Waals surface area (Å²) in [6.45, 7) is 3.59. The number of benzene rings is 1. The maximum atomic E-state index is 11.9. The highest BCUT2D eigenvalue weighted by atomic mass is 35.5. The molecule has 1 amide bonds. The molecule has 1 aromatic carbocycles. The number of nitrogens with two attached hydrogens (primary N) is 1. The molecule has 112 valence electrons. The topological polar surface area (TPSA) is 94.0 Å². The summed E-state index contributed by atoms with van der Waals surface area (Å²) in [6.07, 6.45) is 0. The minimum Gasteiger partial charge on any atom is -0.414 e. The van der Waals surface area contributed by atoms with Crippen LogP contribution in [0.25, 0.3) is 0 Å². The van der Waals surface area contributed by atoms with E-state index in [0.29, 0.717) is 21.8 Å². The van der Waals surface area contributed by atoms with Crippen LogP contribution in [-0.2, 0) is 4.79 Å². The second-order valence-electron chi connectivity index (χ2n) is 4.44. The Bertz CT molecular complexity index is 645. The van der Waals surface area contributed by atoms with Gasteiger partial charge in [-0.25, -0.2) is 0 Å². The Balaban J connectivity index is 1.91. The maximum absolute atomic E-state index is 11.9. The van der Waals surface area contributed by atoms with Crippen molar-refractivity contribution in [2.45, 2.75) is 25.1 Å². The predicted molar refractivity (Wildman–Crippen MR) is 82.4 cm³/mol. The third-order valence-corrected chi connectivity index (χ3v) is 3.91. The molecule has 8 heteroatoms. The van der Waals surface area contributed by atoms with Crippen LogP contribution >= 0.6 is 23.4 Å². The summed E-state index contributed by atoms with van der Waals surface area (Å²) in [4.78, 5) is 11.9. The average Bonchev–Trinajstić information content (AvgIpc) is 2.91. The van der Waals surface area contributed by atoms with Gasteiger partial charge in [-0.05, 0) is 31.5 Å². The van der Waals surface area contributed by atoms with Gasteiger partial charge in [0.05, 0.1) is 11.8 Å². The van der Waals surface area contributed by atoms with E-state index in [4.69, 9.17) is 21.8 Å². The van der Waals surface area contributed by atoms with Crippen LogP contribution in [0.15, 0.2) is 27.8 Å². The molecule has 1 atom stereocenters. The first kappa shape index (κ1) is 15.8. The van der Waals surface area contributed by atoms with Gasteiger partial charge in [0.15, 0.2) is 0 Å². The maximum Gasteiger partial charge on any atom is 0.277 e. The second-order valence-corrected chi connectivity index (χ2v) is 5.78. The standard InChI is InChI=1S/C13H15ClN4O2S/c1-7-9(14)4-3-5-10(7)16-11(19)6-21-13-18-17-12(20-13)8(2)15/h3-5,8H,6,15H2,1-2H3,(H,16,19)/t8-/m0/s1. The normalized spacial score (nSPS) is 12.2. The molecule has 0 radical (unpaired) electrons. The summed E-state index contributed by atoms with van der Waals surface area (Å²) in [6, 6.07) is 5.03. The van der Waals surface area contributed by atoms with Crippen LogP contribution < -0.4 is 11.1 Å². The Labute approximate surface area is 131 Å². The Morgan fingerprint density at radius 1 is 1.52 bits per heavy atom. The lowest BCUT2D eigenvalue weighted by atomic mass is 10.2. The van der Waals surface area contributed by atoms with E-state index in [1.54, 1.807) is 25.1 Å². The number of carbonyl (C=O) groups excluding carboxylic acids is 1. The smallest absolute Gasteiger partial charge is 0.277 e. The molecule has 2 aromatic rings. The van der Waals surface area contributed by atoms with Gasteiger partial charge in [-0.3, -0.25) is 4.79 Å². The SMILES string of the molecule is Cc1c(Cl)cccc1NC(=O)CSc1nnc([C@H](C)N)o1. The van der Waals surface area contributed by atoms with Crippen LogP contribution in [0.2, 0.25) is 5.02 Å². The molecule has 1 aromatic heterocycles. The number of hydrogen-bond acceptors (Lipinski definition) is 6. The number of thioether (sulfide) groups is 1. The van der Waals surface area contributed by atoms with E-state index in [0.717, 1.165) is 17.3 Å². The van der Waals surface area contributed by atoms with Gasteiger partial charge in [-0.1, -0.05) is 29.4 Å². The van der Waals surface area contributed by atoms with Crippen LogP contribution in [0, 0.1) is 6.92 Å². The van der Waals surface area contributed by atoms with E-state index in [2.05, 4.69) is 15.5 Å². The number of amides is 1. The summed E-state index contributed by atoms with van der Waals surface area (Å²) in [5, 5.41) is 11.3. The molecule has 3 N–H and O–H groups in total. The molecule has 21 heavy (non-hydrogen) atoms. The Morgan fingerprint density at radius 3 is 2.95 bits per heavy atom. The summed E-state index contributed by atoms with van der Waals surface area (Å²) in [7, 11) is 0. The fraction of sp³-hybridized carbons (Fsp3) is 0.308. The van der Waals surface area contributed by atoms with Gasteiger partial charge < -0.3 is 15.5 Å². The molecule has 0 fully saturated rings. The molecule has 1 heterocycles. The molecular weight excluding hydrogens is 312 g/mol. The number of halogens is 1. The zero-order chi connectivity index (χ0) is 15.4. The highest BCUT2D eigenvalue weighted by Crippen LogP contribution is 2.24. The summed E-state index contributed by atoms with van der Waals surface area (Å²) in [5.41, 5.74) is 7.14. The molecule has 6 nitrogen and oxygen atoms in total. The van der Waals surface area contributed by atoms with Crippen molar-refractivity contribution >= 4 is 35.0 Å². The van der Waals surface area contributed by atoms with E-state index >= 15 is 0 Å². The lowest BCUT2D eigenvalue weighted by Crippen LogP contribution is -2.14. The molecule has 0 spiro atoms. The lowest BCUT2D eigenvalue weighted by Gasteiger charge is -2.08. The highest BCUT2D eigenvalue weighted by molar-refractivity contribution is 7.99. The van der Waals surface area contributed by atoms with E-state index in [1.165, 1.54) is 0 Å². The van der Waals surface area contributed by atoms with Gasteiger partial charge in [0, 0.05) is 10.7 Å². The summed E-state index contributed by atoms with van der Waals surface area (Å²) in [5.74, 6) is 0.335. The second kappa shape index (κ2) is 6.93. The van der Waals surface area contributed by atoms with Crippen molar-refractivity contribution in [1.29, 1.82) is 0 Å². The monoisotopic (exact) mass is 326 g/mol. The Morgan fingerprint density at radius 2 is 2.29 bits per heavy atom. The van der Waals surface area contributed by atoms with Crippen LogP contribution in [0.3, 0.4) is 0 Å². The molecule has 0 saturated heterocycles. The van der Waals surface area contributed by atoms with E-state index in [-0.39, 0.29) is 17.7 Å². The molecule has 0 aliphatic heterocycles. The predicted octanol–water partition coefficient (Wildman–Crippen LogP) is 2.78. The number of rotatable bonds is 5.